The Morgan fingerprint density at radius 1 is 0.967 bits per heavy atom. The second kappa shape index (κ2) is 17.7. The Kier molecular flexibility index (Phi) is 16.0. The lowest BCUT2D eigenvalue weighted by Crippen LogP contribution is -2.43. The second-order valence-electron chi connectivity index (χ2n) is 8.40. The molecule has 4 atom stereocenters. The number of aliphatic hydroxyl groups is 3. The summed E-state index contributed by atoms with van der Waals surface area (Å²) in [6.45, 7) is 1.79. The quantitative estimate of drug-likeness (QED) is 0.173. The van der Waals surface area contributed by atoms with Crippen molar-refractivity contribution in [3.05, 3.63) is 12.2 Å². The Bertz CT molecular complexity index is 453. The second-order valence-corrected chi connectivity index (χ2v) is 8.40. The molecule has 1 aliphatic heterocycles. The third-order valence-electron chi connectivity index (χ3n) is 5.66. The van der Waals surface area contributed by atoms with E-state index in [1.54, 1.807) is 0 Å². The molecule has 0 spiro atoms. The zero-order valence-corrected chi connectivity index (χ0v) is 18.8. The minimum Gasteiger partial charge on any atom is -0.457 e. The van der Waals surface area contributed by atoms with Gasteiger partial charge in [0.1, 0.15) is 18.3 Å². The van der Waals surface area contributed by atoms with E-state index in [1.807, 2.05) is 0 Å². The molecular formula is C24H44O6. The lowest BCUT2D eigenvalue weighted by molar-refractivity contribution is -0.162. The Morgan fingerprint density at radius 3 is 2.07 bits per heavy atom. The maximum Gasteiger partial charge on any atom is 0.306 e. The van der Waals surface area contributed by atoms with Gasteiger partial charge in [0.2, 0.25) is 0 Å². The number of ether oxygens (including phenoxy) is 2. The van der Waals surface area contributed by atoms with Gasteiger partial charge in [0.05, 0.1) is 13.2 Å². The number of aliphatic hydroxyl groups excluding tert-OH is 3. The van der Waals surface area contributed by atoms with Gasteiger partial charge in [-0.25, -0.2) is 0 Å². The van der Waals surface area contributed by atoms with Crippen LogP contribution in [0.15, 0.2) is 12.2 Å². The van der Waals surface area contributed by atoms with Crippen LogP contribution in [0.25, 0.3) is 0 Å². The van der Waals surface area contributed by atoms with Crippen LogP contribution in [-0.4, -0.2) is 58.9 Å². The summed E-state index contributed by atoms with van der Waals surface area (Å²) in [5, 5.41) is 28.7. The molecule has 0 unspecified atom stereocenters. The number of hydrogen-bond acceptors (Lipinski definition) is 6. The molecule has 0 bridgehead atoms. The average molecular weight is 429 g/mol. The number of carbonyl (C=O) groups is 1. The Labute approximate surface area is 182 Å². The third kappa shape index (κ3) is 12.0. The van der Waals surface area contributed by atoms with Gasteiger partial charge < -0.3 is 24.8 Å². The fraction of sp³-hybridized carbons (Fsp3) is 0.875. The number of unbranched alkanes of at least 4 members (excludes halogenated alkanes) is 11. The Hall–Kier alpha value is -0.950. The molecule has 6 nitrogen and oxygen atoms in total. The highest BCUT2D eigenvalue weighted by molar-refractivity contribution is 5.69. The lowest BCUT2D eigenvalue weighted by Gasteiger charge is -2.24. The fourth-order valence-electron chi connectivity index (χ4n) is 3.73. The molecule has 0 aromatic carbocycles. The molecule has 0 aromatic rings. The van der Waals surface area contributed by atoms with Crippen LogP contribution in [0, 0.1) is 0 Å². The fourth-order valence-corrected chi connectivity index (χ4v) is 3.73. The summed E-state index contributed by atoms with van der Waals surface area (Å²) in [6, 6.07) is 0. The van der Waals surface area contributed by atoms with Crippen molar-refractivity contribution in [2.24, 2.45) is 0 Å². The summed E-state index contributed by atoms with van der Waals surface area (Å²) in [5.74, 6) is -0.399. The van der Waals surface area contributed by atoms with Crippen molar-refractivity contribution in [2.45, 2.75) is 121 Å². The van der Waals surface area contributed by atoms with E-state index >= 15 is 0 Å². The number of allylic oxidation sites excluding steroid dienone is 2. The average Bonchev–Trinajstić information content (AvgIpc) is 3.07. The molecule has 1 rings (SSSR count). The number of rotatable bonds is 18. The first-order chi connectivity index (χ1) is 14.6. The first kappa shape index (κ1) is 27.1. The summed E-state index contributed by atoms with van der Waals surface area (Å²) in [4.78, 5) is 11.9. The van der Waals surface area contributed by atoms with Crippen LogP contribution in [0.4, 0.5) is 0 Å². The van der Waals surface area contributed by atoms with E-state index in [-0.39, 0.29) is 6.61 Å². The molecule has 0 amide bonds. The predicted molar refractivity (Wildman–Crippen MR) is 118 cm³/mol. The molecule has 1 saturated heterocycles. The molecule has 0 aliphatic carbocycles. The summed E-state index contributed by atoms with van der Waals surface area (Å²) in [7, 11) is 0. The summed E-state index contributed by atoms with van der Waals surface area (Å²) in [6.07, 6.45) is 16.5. The monoisotopic (exact) mass is 428 g/mol. The SMILES string of the molecule is CCCCCCCC/C=C\CCCCCCCC(=O)O[C@H](CO)[C@H]1OC[C@H](O)[C@H]1O. The van der Waals surface area contributed by atoms with E-state index in [0.29, 0.717) is 6.42 Å². The van der Waals surface area contributed by atoms with Crippen molar-refractivity contribution >= 4 is 5.97 Å². The van der Waals surface area contributed by atoms with Crippen LogP contribution < -0.4 is 0 Å². The van der Waals surface area contributed by atoms with Gasteiger partial charge >= 0.3 is 5.97 Å². The van der Waals surface area contributed by atoms with Crippen molar-refractivity contribution < 1.29 is 29.6 Å². The van der Waals surface area contributed by atoms with Crippen molar-refractivity contribution in [2.75, 3.05) is 13.2 Å². The molecule has 30 heavy (non-hydrogen) atoms. The first-order valence-electron chi connectivity index (χ1n) is 12.0. The van der Waals surface area contributed by atoms with Crippen LogP contribution in [0.1, 0.15) is 96.8 Å². The van der Waals surface area contributed by atoms with Crippen LogP contribution in [-0.2, 0) is 14.3 Å². The summed E-state index contributed by atoms with van der Waals surface area (Å²) >= 11 is 0. The third-order valence-corrected chi connectivity index (χ3v) is 5.66. The minimum atomic E-state index is -1.14. The topological polar surface area (TPSA) is 96.2 Å². The first-order valence-corrected chi connectivity index (χ1v) is 12.0. The van der Waals surface area contributed by atoms with Crippen LogP contribution in [0.2, 0.25) is 0 Å². The summed E-state index contributed by atoms with van der Waals surface area (Å²) in [5.41, 5.74) is 0. The van der Waals surface area contributed by atoms with Gasteiger partial charge in [-0.15, -0.1) is 0 Å². The standard InChI is InChI=1S/C24H44O6/c1-2-3-4-5-6-7-8-9-10-11-12-13-14-15-16-17-22(27)30-21(18-25)24-23(28)20(26)19-29-24/h9-10,20-21,23-26,28H,2-8,11-19H2,1H3/b10-9-/t20-,21+,23+,24+/m0/s1. The zero-order chi connectivity index (χ0) is 22.0. The van der Waals surface area contributed by atoms with E-state index in [4.69, 9.17) is 9.47 Å². The molecule has 1 fully saturated rings. The lowest BCUT2D eigenvalue weighted by atomic mass is 10.1. The van der Waals surface area contributed by atoms with Crippen molar-refractivity contribution in [1.82, 2.24) is 0 Å². The molecule has 176 valence electrons. The molecule has 1 heterocycles. The van der Waals surface area contributed by atoms with E-state index in [1.165, 1.54) is 51.4 Å². The van der Waals surface area contributed by atoms with Crippen LogP contribution in [0.5, 0.6) is 0 Å². The molecule has 1 aliphatic rings. The largest absolute Gasteiger partial charge is 0.457 e. The van der Waals surface area contributed by atoms with Crippen molar-refractivity contribution in [3.8, 4) is 0 Å². The van der Waals surface area contributed by atoms with Gasteiger partial charge in [0.25, 0.3) is 0 Å². The highest BCUT2D eigenvalue weighted by atomic mass is 16.6. The van der Waals surface area contributed by atoms with Gasteiger partial charge in [-0.2, -0.15) is 0 Å². The Morgan fingerprint density at radius 2 is 1.53 bits per heavy atom. The maximum atomic E-state index is 11.9. The van der Waals surface area contributed by atoms with Gasteiger partial charge in [0, 0.05) is 6.42 Å². The summed E-state index contributed by atoms with van der Waals surface area (Å²) < 4.78 is 10.4. The smallest absolute Gasteiger partial charge is 0.306 e. The molecule has 0 radical (unpaired) electrons. The van der Waals surface area contributed by atoms with Gasteiger partial charge in [0.15, 0.2) is 6.10 Å². The predicted octanol–water partition coefficient (Wildman–Crippen LogP) is 4.05. The van der Waals surface area contributed by atoms with Gasteiger partial charge in [-0.3, -0.25) is 4.79 Å². The van der Waals surface area contributed by atoms with Gasteiger partial charge in [-0.05, 0) is 32.1 Å². The molecular weight excluding hydrogens is 384 g/mol. The highest BCUT2D eigenvalue weighted by Gasteiger charge is 2.41. The molecule has 0 saturated carbocycles. The van der Waals surface area contributed by atoms with Crippen LogP contribution >= 0.6 is 0 Å². The van der Waals surface area contributed by atoms with E-state index < -0.39 is 37.0 Å². The Balaban J connectivity index is 1.95. The zero-order valence-electron chi connectivity index (χ0n) is 18.8. The van der Waals surface area contributed by atoms with Crippen molar-refractivity contribution in [1.29, 1.82) is 0 Å². The van der Waals surface area contributed by atoms with Crippen molar-refractivity contribution in [3.63, 3.8) is 0 Å². The van der Waals surface area contributed by atoms with Gasteiger partial charge in [-0.1, -0.05) is 70.4 Å². The van der Waals surface area contributed by atoms with Crippen LogP contribution in [0.3, 0.4) is 0 Å². The molecule has 6 heteroatoms. The molecule has 0 aromatic heterocycles. The minimum absolute atomic E-state index is 0.0197. The highest BCUT2D eigenvalue weighted by Crippen LogP contribution is 2.20. The normalized spacial score (nSPS) is 22.6. The van der Waals surface area contributed by atoms with E-state index in [0.717, 1.165) is 32.1 Å². The molecule has 3 N–H and O–H groups in total. The number of hydrogen-bond donors (Lipinski definition) is 3. The van der Waals surface area contributed by atoms with E-state index in [2.05, 4.69) is 19.1 Å². The number of carbonyl (C=O) groups excluding carboxylic acids is 1. The maximum absolute atomic E-state index is 11.9. The van der Waals surface area contributed by atoms with E-state index in [9.17, 15) is 20.1 Å². The number of esters is 1.